The minimum atomic E-state index is -0.579. The third kappa shape index (κ3) is 1.56. The molecule has 0 atom stereocenters. The zero-order valence-corrected chi connectivity index (χ0v) is 10.3. The maximum atomic E-state index is 11.3. The van der Waals surface area contributed by atoms with Gasteiger partial charge >= 0.3 is 0 Å². The van der Waals surface area contributed by atoms with E-state index in [0.29, 0.717) is 5.65 Å². The van der Waals surface area contributed by atoms with Gasteiger partial charge in [-0.1, -0.05) is 0 Å². The number of carbonyl (C=O) groups is 1. The lowest BCUT2D eigenvalue weighted by atomic mass is 10.2. The molecule has 0 fully saturated rings. The van der Waals surface area contributed by atoms with Crippen LogP contribution in [0.5, 0.6) is 0 Å². The van der Waals surface area contributed by atoms with Crippen LogP contribution >= 0.6 is 11.5 Å². The summed E-state index contributed by atoms with van der Waals surface area (Å²) in [5.74, 6) is -0.579. The molecule has 1 amide bonds. The number of carbonyl (C=O) groups excluding carboxylic acids is 1. The fourth-order valence-electron chi connectivity index (χ4n) is 1.77. The summed E-state index contributed by atoms with van der Waals surface area (Å²) in [7, 11) is 0. The molecule has 18 heavy (non-hydrogen) atoms. The number of nitrogens with two attached hydrogens (primary N) is 1. The van der Waals surface area contributed by atoms with Crippen LogP contribution in [0.2, 0.25) is 0 Å². The zero-order valence-electron chi connectivity index (χ0n) is 9.49. The predicted octanol–water partition coefficient (Wildman–Crippen LogP) is 1.26. The highest BCUT2D eigenvalue weighted by molar-refractivity contribution is 7.03. The minimum Gasteiger partial charge on any atom is -0.364 e. The van der Waals surface area contributed by atoms with E-state index in [1.165, 1.54) is 11.5 Å². The molecule has 0 aliphatic heterocycles. The Balaban J connectivity index is 2.31. The fourth-order valence-corrected chi connectivity index (χ4v) is 2.30. The van der Waals surface area contributed by atoms with Gasteiger partial charge in [0, 0.05) is 16.6 Å². The summed E-state index contributed by atoms with van der Waals surface area (Å²) in [6, 6.07) is 1.92. The molecule has 2 N–H and O–H groups in total. The van der Waals surface area contributed by atoms with Crippen LogP contribution in [0, 0.1) is 6.92 Å². The number of aryl methyl sites for hydroxylation is 1. The van der Waals surface area contributed by atoms with Crippen molar-refractivity contribution in [3.63, 3.8) is 0 Å². The van der Waals surface area contributed by atoms with Gasteiger partial charge in [-0.2, -0.15) is 0 Å². The first-order valence-electron chi connectivity index (χ1n) is 5.21. The SMILES string of the molecule is Cc1cc(-c2cnsc2)nc2c(C(N)=O)ncn12. The van der Waals surface area contributed by atoms with E-state index >= 15 is 0 Å². The summed E-state index contributed by atoms with van der Waals surface area (Å²) in [5, 5.41) is 1.90. The standard InChI is InChI=1S/C11H9N5OS/c1-6-2-8(7-3-14-18-4-7)15-11-9(10(12)17)13-5-16(6)11/h2-5H,1H3,(H2,12,17). The number of amides is 1. The number of hydrogen-bond acceptors (Lipinski definition) is 5. The average Bonchev–Trinajstić information content (AvgIpc) is 2.97. The van der Waals surface area contributed by atoms with Crippen molar-refractivity contribution in [2.45, 2.75) is 6.92 Å². The minimum absolute atomic E-state index is 0.183. The van der Waals surface area contributed by atoms with E-state index in [0.717, 1.165) is 17.0 Å². The molecule has 0 bridgehead atoms. The van der Waals surface area contributed by atoms with Crippen molar-refractivity contribution in [3.05, 3.63) is 35.4 Å². The van der Waals surface area contributed by atoms with Gasteiger partial charge in [0.1, 0.15) is 6.33 Å². The van der Waals surface area contributed by atoms with Gasteiger partial charge in [-0.05, 0) is 24.5 Å². The van der Waals surface area contributed by atoms with Crippen molar-refractivity contribution in [1.29, 1.82) is 0 Å². The molecule has 0 saturated carbocycles. The highest BCUT2D eigenvalue weighted by Gasteiger charge is 2.14. The molecule has 3 aromatic heterocycles. The van der Waals surface area contributed by atoms with E-state index in [2.05, 4.69) is 14.3 Å². The molecule has 3 rings (SSSR count). The van der Waals surface area contributed by atoms with Gasteiger partial charge in [0.05, 0.1) is 11.9 Å². The normalized spacial score (nSPS) is 10.9. The van der Waals surface area contributed by atoms with Crippen LogP contribution in [0.15, 0.2) is 24.0 Å². The molecule has 0 saturated heterocycles. The van der Waals surface area contributed by atoms with Crippen molar-refractivity contribution in [1.82, 2.24) is 18.7 Å². The number of fused-ring (bicyclic) bond motifs is 1. The molecular formula is C11H9N5OS. The Morgan fingerprint density at radius 2 is 2.33 bits per heavy atom. The topological polar surface area (TPSA) is 86.2 Å². The zero-order chi connectivity index (χ0) is 12.7. The molecule has 0 spiro atoms. The lowest BCUT2D eigenvalue weighted by Gasteiger charge is -2.03. The summed E-state index contributed by atoms with van der Waals surface area (Å²) >= 11 is 1.35. The monoisotopic (exact) mass is 259 g/mol. The first-order chi connectivity index (χ1) is 8.66. The maximum Gasteiger partial charge on any atom is 0.271 e. The second kappa shape index (κ2) is 3.88. The Bertz CT molecular complexity index is 731. The molecule has 0 unspecified atom stereocenters. The van der Waals surface area contributed by atoms with Gasteiger partial charge in [0.2, 0.25) is 0 Å². The quantitative estimate of drug-likeness (QED) is 0.750. The Morgan fingerprint density at radius 3 is 3.00 bits per heavy atom. The second-order valence-electron chi connectivity index (χ2n) is 3.85. The smallest absolute Gasteiger partial charge is 0.271 e. The molecule has 0 radical (unpaired) electrons. The summed E-state index contributed by atoms with van der Waals surface area (Å²) in [6.45, 7) is 1.92. The van der Waals surface area contributed by atoms with Crippen molar-refractivity contribution in [3.8, 4) is 11.3 Å². The van der Waals surface area contributed by atoms with E-state index in [-0.39, 0.29) is 5.69 Å². The molecule has 7 heteroatoms. The van der Waals surface area contributed by atoms with E-state index in [1.807, 2.05) is 18.4 Å². The number of imidazole rings is 1. The highest BCUT2D eigenvalue weighted by atomic mass is 32.1. The largest absolute Gasteiger partial charge is 0.364 e. The maximum absolute atomic E-state index is 11.3. The number of aromatic nitrogens is 4. The first-order valence-corrected chi connectivity index (χ1v) is 6.04. The summed E-state index contributed by atoms with van der Waals surface area (Å²) in [6.07, 6.45) is 3.29. The molecule has 3 heterocycles. The molecule has 6 nitrogen and oxygen atoms in total. The van der Waals surface area contributed by atoms with Gasteiger partial charge < -0.3 is 5.73 Å². The van der Waals surface area contributed by atoms with Crippen LogP contribution in [-0.2, 0) is 0 Å². The number of primary amides is 1. The number of hydrogen-bond donors (Lipinski definition) is 1. The third-order valence-electron chi connectivity index (χ3n) is 2.66. The fraction of sp³-hybridized carbons (Fsp3) is 0.0909. The van der Waals surface area contributed by atoms with Crippen molar-refractivity contribution in [2.75, 3.05) is 0 Å². The Labute approximate surface area is 106 Å². The van der Waals surface area contributed by atoms with Crippen LogP contribution in [0.25, 0.3) is 16.9 Å². The van der Waals surface area contributed by atoms with E-state index < -0.39 is 5.91 Å². The third-order valence-corrected chi connectivity index (χ3v) is 3.24. The molecule has 90 valence electrons. The number of nitrogens with zero attached hydrogens (tertiary/aromatic N) is 4. The second-order valence-corrected chi connectivity index (χ2v) is 4.50. The molecule has 3 aromatic rings. The van der Waals surface area contributed by atoms with E-state index in [4.69, 9.17) is 5.73 Å². The average molecular weight is 259 g/mol. The first kappa shape index (κ1) is 10.8. The summed E-state index contributed by atoms with van der Waals surface area (Å²) < 4.78 is 5.78. The van der Waals surface area contributed by atoms with Crippen LogP contribution in [0.3, 0.4) is 0 Å². The summed E-state index contributed by atoms with van der Waals surface area (Å²) in [5.41, 5.74) is 8.55. The van der Waals surface area contributed by atoms with Gasteiger partial charge in [0.25, 0.3) is 5.91 Å². The lowest BCUT2D eigenvalue weighted by Crippen LogP contribution is -2.12. The van der Waals surface area contributed by atoms with Gasteiger partial charge in [-0.15, -0.1) is 0 Å². The molecule has 0 aliphatic rings. The van der Waals surface area contributed by atoms with Crippen LogP contribution < -0.4 is 5.73 Å². The van der Waals surface area contributed by atoms with E-state index in [1.54, 1.807) is 16.9 Å². The summed E-state index contributed by atoms with van der Waals surface area (Å²) in [4.78, 5) is 19.7. The molecular weight excluding hydrogens is 250 g/mol. The highest BCUT2D eigenvalue weighted by Crippen LogP contribution is 2.21. The molecule has 0 aliphatic carbocycles. The lowest BCUT2D eigenvalue weighted by molar-refractivity contribution is 0.0997. The van der Waals surface area contributed by atoms with Gasteiger partial charge in [0.15, 0.2) is 11.3 Å². The van der Waals surface area contributed by atoms with Gasteiger partial charge in [-0.25, -0.2) is 14.3 Å². The van der Waals surface area contributed by atoms with Crippen molar-refractivity contribution in [2.24, 2.45) is 5.73 Å². The van der Waals surface area contributed by atoms with Gasteiger partial charge in [-0.3, -0.25) is 9.20 Å². The Hall–Kier alpha value is -2.28. The van der Waals surface area contributed by atoms with Crippen molar-refractivity contribution < 1.29 is 4.79 Å². The van der Waals surface area contributed by atoms with Crippen LogP contribution in [-0.4, -0.2) is 24.6 Å². The predicted molar refractivity (Wildman–Crippen MR) is 67.3 cm³/mol. The Kier molecular flexibility index (Phi) is 2.34. The van der Waals surface area contributed by atoms with Crippen LogP contribution in [0.4, 0.5) is 0 Å². The molecule has 0 aromatic carbocycles. The Morgan fingerprint density at radius 1 is 1.50 bits per heavy atom. The number of rotatable bonds is 2. The van der Waals surface area contributed by atoms with Crippen LogP contribution in [0.1, 0.15) is 16.2 Å². The van der Waals surface area contributed by atoms with Crippen molar-refractivity contribution >= 4 is 23.1 Å². The van der Waals surface area contributed by atoms with E-state index in [9.17, 15) is 4.79 Å².